The summed E-state index contributed by atoms with van der Waals surface area (Å²) >= 11 is 0. The van der Waals surface area contributed by atoms with Gasteiger partial charge in [0.25, 0.3) is 5.91 Å². The zero-order valence-corrected chi connectivity index (χ0v) is 16.5. The van der Waals surface area contributed by atoms with Crippen LogP contribution in [0, 0.1) is 0 Å². The van der Waals surface area contributed by atoms with Gasteiger partial charge in [-0.1, -0.05) is 0 Å². The summed E-state index contributed by atoms with van der Waals surface area (Å²) in [6.45, 7) is -0.758. The lowest BCUT2D eigenvalue weighted by Crippen LogP contribution is -2.46. The molecule has 2 amide bonds. The van der Waals surface area contributed by atoms with E-state index in [1.54, 1.807) is 0 Å². The predicted octanol–water partition coefficient (Wildman–Crippen LogP) is -4.39. The van der Waals surface area contributed by atoms with Gasteiger partial charge in [0.15, 0.2) is 17.7 Å². The molecule has 17 heteroatoms. The Morgan fingerprint density at radius 2 is 2.00 bits per heavy atom. The molecular weight excluding hydrogens is 440 g/mol. The number of rotatable bonds is 8. The molecule has 3 rings (SSSR count). The van der Waals surface area contributed by atoms with E-state index in [9.17, 15) is 28.2 Å². The molecule has 0 spiro atoms. The van der Waals surface area contributed by atoms with E-state index >= 15 is 0 Å². The van der Waals surface area contributed by atoms with Crippen molar-refractivity contribution in [1.82, 2.24) is 24.2 Å². The number of amides is 2. The number of ether oxygens (including phenoxy) is 1. The molecule has 0 aromatic carbocycles. The minimum absolute atomic E-state index is 0.0908. The fraction of sp³-hybridized carbons (Fsp3) is 0.500. The SMILES string of the molecule is NC(=O)C[C@H](N)C(=O)NS(=O)(=O)OC[C@H]1O[C@@H](n2cnc3c(N)ncnc32)[C@H](O)[C@H]1O. The number of primary amides is 1. The molecule has 0 aliphatic carbocycles. The molecule has 5 atom stereocenters. The van der Waals surface area contributed by atoms with Crippen LogP contribution < -0.4 is 21.9 Å². The van der Waals surface area contributed by atoms with Gasteiger partial charge >= 0.3 is 10.3 Å². The molecule has 170 valence electrons. The zero-order valence-electron chi connectivity index (χ0n) is 15.7. The normalized spacial score (nSPS) is 24.9. The largest absolute Gasteiger partial charge is 0.387 e. The third kappa shape index (κ3) is 4.86. The molecule has 2 aromatic heterocycles. The van der Waals surface area contributed by atoms with Gasteiger partial charge in [-0.3, -0.25) is 18.3 Å². The molecule has 1 aliphatic heterocycles. The molecule has 3 heterocycles. The predicted molar refractivity (Wildman–Crippen MR) is 100 cm³/mol. The van der Waals surface area contributed by atoms with Gasteiger partial charge in [0.2, 0.25) is 5.91 Å². The third-order valence-electron chi connectivity index (χ3n) is 4.37. The van der Waals surface area contributed by atoms with Gasteiger partial charge < -0.3 is 32.2 Å². The smallest absolute Gasteiger partial charge is 0.362 e. The Morgan fingerprint density at radius 1 is 1.29 bits per heavy atom. The van der Waals surface area contributed by atoms with Crippen LogP contribution in [0.3, 0.4) is 0 Å². The van der Waals surface area contributed by atoms with Crippen LogP contribution in [-0.2, 0) is 28.8 Å². The Labute approximate surface area is 174 Å². The highest BCUT2D eigenvalue weighted by Gasteiger charge is 2.45. The summed E-state index contributed by atoms with van der Waals surface area (Å²) in [7, 11) is -4.66. The van der Waals surface area contributed by atoms with Crippen molar-refractivity contribution in [3.8, 4) is 0 Å². The van der Waals surface area contributed by atoms with Crippen molar-refractivity contribution in [2.24, 2.45) is 11.5 Å². The van der Waals surface area contributed by atoms with E-state index < -0.39 is 65.7 Å². The molecule has 9 N–H and O–H groups in total. The molecule has 0 saturated carbocycles. The Balaban J connectivity index is 1.66. The highest BCUT2D eigenvalue weighted by Crippen LogP contribution is 2.32. The van der Waals surface area contributed by atoms with Crippen LogP contribution in [0.5, 0.6) is 0 Å². The number of aliphatic hydroxyl groups excluding tert-OH is 2. The van der Waals surface area contributed by atoms with Crippen LogP contribution in [0.2, 0.25) is 0 Å². The number of nitrogen functional groups attached to an aromatic ring is 1. The second-order valence-corrected chi connectivity index (χ2v) is 7.96. The van der Waals surface area contributed by atoms with Crippen LogP contribution in [0.15, 0.2) is 12.7 Å². The average molecular weight is 460 g/mol. The van der Waals surface area contributed by atoms with Crippen molar-refractivity contribution in [3.05, 3.63) is 12.7 Å². The van der Waals surface area contributed by atoms with Gasteiger partial charge in [0.1, 0.15) is 30.2 Å². The van der Waals surface area contributed by atoms with Crippen molar-refractivity contribution in [3.63, 3.8) is 0 Å². The summed E-state index contributed by atoms with van der Waals surface area (Å²) in [5.74, 6) is -2.03. The van der Waals surface area contributed by atoms with E-state index in [0.717, 1.165) is 0 Å². The van der Waals surface area contributed by atoms with Gasteiger partial charge in [0, 0.05) is 0 Å². The van der Waals surface area contributed by atoms with E-state index in [1.807, 2.05) is 0 Å². The van der Waals surface area contributed by atoms with Gasteiger partial charge in [-0.15, -0.1) is 0 Å². The monoisotopic (exact) mass is 460 g/mol. The molecule has 0 bridgehead atoms. The molecule has 16 nitrogen and oxygen atoms in total. The highest BCUT2D eigenvalue weighted by atomic mass is 32.2. The first-order chi connectivity index (χ1) is 14.5. The summed E-state index contributed by atoms with van der Waals surface area (Å²) in [6.07, 6.45) is -3.68. The lowest BCUT2D eigenvalue weighted by atomic mass is 10.1. The summed E-state index contributed by atoms with van der Waals surface area (Å²) < 4.78 is 36.8. The second kappa shape index (κ2) is 8.65. The van der Waals surface area contributed by atoms with Crippen molar-refractivity contribution >= 4 is 39.1 Å². The topological polar surface area (TPSA) is 261 Å². The first-order valence-corrected chi connectivity index (χ1v) is 10.1. The quantitative estimate of drug-likeness (QED) is 0.217. The molecule has 0 unspecified atom stereocenters. The molecule has 1 saturated heterocycles. The molecular formula is C14H20N8O8S. The van der Waals surface area contributed by atoms with E-state index in [0.29, 0.717) is 0 Å². The first-order valence-electron chi connectivity index (χ1n) is 8.69. The molecule has 0 radical (unpaired) electrons. The third-order valence-corrected chi connectivity index (χ3v) is 5.27. The van der Waals surface area contributed by atoms with Gasteiger partial charge in [-0.2, -0.15) is 8.42 Å². The Morgan fingerprint density at radius 3 is 2.68 bits per heavy atom. The Kier molecular flexibility index (Phi) is 6.34. The minimum atomic E-state index is -4.66. The van der Waals surface area contributed by atoms with E-state index in [1.165, 1.54) is 21.9 Å². The lowest BCUT2D eigenvalue weighted by Gasteiger charge is -2.16. The second-order valence-electron chi connectivity index (χ2n) is 6.61. The van der Waals surface area contributed by atoms with Crippen LogP contribution in [0.25, 0.3) is 11.2 Å². The van der Waals surface area contributed by atoms with Crippen molar-refractivity contribution in [1.29, 1.82) is 0 Å². The maximum Gasteiger partial charge on any atom is 0.362 e. The number of nitrogens with one attached hydrogen (secondary N) is 1. The van der Waals surface area contributed by atoms with Gasteiger partial charge in [0.05, 0.1) is 25.4 Å². The number of nitrogens with zero attached hydrogens (tertiary/aromatic N) is 4. The van der Waals surface area contributed by atoms with E-state index in [2.05, 4.69) is 19.1 Å². The standard InChI is InChI=1S/C14H20N8O8S/c15-5(1-7(16)23)13(26)21-31(27,28)29-2-6-9(24)10(25)14(30-6)22-4-20-8-11(17)18-3-19-12(8)22/h3-6,9-10,14,24-25H,1-2,15H2,(H2,16,23)(H,21,26)(H2,17,18,19)/t5-,6+,9-,10+,14+/m0/s1. The lowest BCUT2D eigenvalue weighted by molar-refractivity contribution is -0.125. The van der Waals surface area contributed by atoms with E-state index in [4.69, 9.17) is 21.9 Å². The molecule has 31 heavy (non-hydrogen) atoms. The molecule has 2 aromatic rings. The van der Waals surface area contributed by atoms with Crippen LogP contribution in [-0.4, -0.2) is 80.9 Å². The number of hydrogen-bond donors (Lipinski definition) is 6. The van der Waals surface area contributed by atoms with Gasteiger partial charge in [-0.05, 0) is 0 Å². The average Bonchev–Trinajstić information content (AvgIpc) is 3.22. The number of nitrogens with two attached hydrogens (primary N) is 3. The number of carbonyl (C=O) groups is 2. The first kappa shape index (κ1) is 22.7. The van der Waals surface area contributed by atoms with Crippen LogP contribution in [0.1, 0.15) is 12.6 Å². The number of aliphatic hydroxyl groups is 2. The maximum atomic E-state index is 11.9. The van der Waals surface area contributed by atoms with Crippen LogP contribution >= 0.6 is 0 Å². The minimum Gasteiger partial charge on any atom is -0.387 e. The van der Waals surface area contributed by atoms with Crippen molar-refractivity contribution in [2.45, 2.75) is 37.0 Å². The van der Waals surface area contributed by atoms with Crippen molar-refractivity contribution in [2.75, 3.05) is 12.3 Å². The number of fused-ring (bicyclic) bond motifs is 1. The van der Waals surface area contributed by atoms with Crippen LogP contribution in [0.4, 0.5) is 5.82 Å². The van der Waals surface area contributed by atoms with Gasteiger partial charge in [-0.25, -0.2) is 19.7 Å². The summed E-state index contributed by atoms with van der Waals surface area (Å²) in [5, 5.41) is 20.5. The highest BCUT2D eigenvalue weighted by molar-refractivity contribution is 7.85. The maximum absolute atomic E-state index is 11.9. The summed E-state index contributed by atoms with van der Waals surface area (Å²) in [6, 6.07) is -1.50. The zero-order chi connectivity index (χ0) is 22.9. The number of hydrogen-bond acceptors (Lipinski definition) is 13. The molecule has 1 fully saturated rings. The fourth-order valence-electron chi connectivity index (χ4n) is 2.85. The Bertz CT molecular complexity index is 1090. The number of imidazole rings is 1. The van der Waals surface area contributed by atoms with E-state index in [-0.39, 0.29) is 17.0 Å². The Hall–Kier alpha value is -2.96. The molecule has 1 aliphatic rings. The summed E-state index contributed by atoms with van der Waals surface area (Å²) in [5.41, 5.74) is 16.4. The summed E-state index contributed by atoms with van der Waals surface area (Å²) in [4.78, 5) is 34.3. The number of anilines is 1. The fourth-order valence-corrected chi connectivity index (χ4v) is 3.62. The number of aromatic nitrogens is 4. The van der Waals surface area contributed by atoms with Crippen molar-refractivity contribution < 1.29 is 37.1 Å². The number of carbonyl (C=O) groups excluding carboxylic acids is 2.